The molecule has 4 rings (SSSR count). The number of amides is 2. The molecule has 4 nitrogen and oxygen atoms in total. The van der Waals surface area contributed by atoms with Gasteiger partial charge in [-0.1, -0.05) is 24.3 Å². The monoisotopic (exact) mass is 313 g/mol. The maximum absolute atomic E-state index is 12.7. The van der Waals surface area contributed by atoms with Crippen molar-refractivity contribution in [1.29, 1.82) is 0 Å². The molecule has 1 aromatic rings. The molecule has 0 spiro atoms. The molecule has 1 aromatic carbocycles. The summed E-state index contributed by atoms with van der Waals surface area (Å²) in [6.45, 7) is 3.97. The van der Waals surface area contributed by atoms with Gasteiger partial charge in [-0.2, -0.15) is 0 Å². The van der Waals surface area contributed by atoms with Gasteiger partial charge in [-0.25, -0.2) is 4.79 Å². The van der Waals surface area contributed by atoms with E-state index in [1.54, 1.807) is 0 Å². The van der Waals surface area contributed by atoms with Crippen LogP contribution >= 0.6 is 0 Å². The Labute approximate surface area is 138 Å². The summed E-state index contributed by atoms with van der Waals surface area (Å²) in [5.74, 6) is 1.17. The van der Waals surface area contributed by atoms with Crippen LogP contribution in [0.2, 0.25) is 0 Å². The second kappa shape index (κ2) is 6.16. The molecule has 1 N–H and O–H groups in total. The molecule has 3 aliphatic rings. The maximum atomic E-state index is 12.7. The van der Waals surface area contributed by atoms with Gasteiger partial charge in [0.1, 0.15) is 0 Å². The summed E-state index contributed by atoms with van der Waals surface area (Å²) in [5.41, 5.74) is 2.86. The number of likely N-dealkylation sites (tertiary alicyclic amines) is 2. The summed E-state index contributed by atoms with van der Waals surface area (Å²) < 4.78 is 0. The molecular weight excluding hydrogens is 286 g/mol. The summed E-state index contributed by atoms with van der Waals surface area (Å²) in [7, 11) is 2.20. The van der Waals surface area contributed by atoms with Crippen LogP contribution in [0.1, 0.15) is 36.3 Å². The fourth-order valence-electron chi connectivity index (χ4n) is 4.69. The number of piperidine rings is 2. The fraction of sp³-hybridized carbons (Fsp3) is 0.632. The molecule has 0 aromatic heterocycles. The number of nitrogens with one attached hydrogen (secondary N) is 1. The van der Waals surface area contributed by atoms with Gasteiger partial charge in [0.2, 0.25) is 0 Å². The highest BCUT2D eigenvalue weighted by Crippen LogP contribution is 2.34. The first-order chi connectivity index (χ1) is 11.2. The average molecular weight is 313 g/mol. The Morgan fingerprint density at radius 2 is 2.13 bits per heavy atom. The van der Waals surface area contributed by atoms with Gasteiger partial charge < -0.3 is 15.1 Å². The number of fused-ring (bicyclic) bond motifs is 2. The lowest BCUT2D eigenvalue weighted by Gasteiger charge is -2.46. The molecule has 2 aliphatic heterocycles. The van der Waals surface area contributed by atoms with E-state index in [9.17, 15) is 4.79 Å². The van der Waals surface area contributed by atoms with Gasteiger partial charge in [0.05, 0.1) is 0 Å². The van der Waals surface area contributed by atoms with Crippen molar-refractivity contribution in [2.75, 3.05) is 33.2 Å². The number of rotatable bonds is 2. The Morgan fingerprint density at radius 3 is 3.00 bits per heavy atom. The number of nitrogens with zero attached hydrogens (tertiary/aromatic N) is 2. The zero-order chi connectivity index (χ0) is 15.8. The largest absolute Gasteiger partial charge is 0.337 e. The third-order valence-electron chi connectivity index (χ3n) is 5.99. The maximum Gasteiger partial charge on any atom is 0.317 e. The summed E-state index contributed by atoms with van der Waals surface area (Å²) in [6, 6.07) is 9.20. The third-order valence-corrected chi connectivity index (χ3v) is 5.99. The summed E-state index contributed by atoms with van der Waals surface area (Å²) >= 11 is 0. The van der Waals surface area contributed by atoms with Crippen LogP contribution in [-0.4, -0.2) is 55.1 Å². The quantitative estimate of drug-likeness (QED) is 0.910. The molecule has 0 saturated carbocycles. The highest BCUT2D eigenvalue weighted by Gasteiger charge is 2.37. The van der Waals surface area contributed by atoms with E-state index in [0.29, 0.717) is 17.9 Å². The van der Waals surface area contributed by atoms with Gasteiger partial charge in [0.25, 0.3) is 0 Å². The number of carbonyl (C=O) groups excluding carboxylic acids is 1. The molecule has 4 heteroatoms. The topological polar surface area (TPSA) is 35.6 Å². The normalized spacial score (nSPS) is 30.1. The van der Waals surface area contributed by atoms with Crippen LogP contribution in [0.4, 0.5) is 4.79 Å². The molecule has 1 aliphatic carbocycles. The van der Waals surface area contributed by atoms with Crippen LogP contribution in [0.5, 0.6) is 0 Å². The van der Waals surface area contributed by atoms with Crippen LogP contribution < -0.4 is 5.32 Å². The lowest BCUT2D eigenvalue weighted by molar-refractivity contribution is 0.0532. The van der Waals surface area contributed by atoms with Gasteiger partial charge in [0.15, 0.2) is 0 Å². The Balaban J connectivity index is 1.34. The fourth-order valence-corrected chi connectivity index (χ4v) is 4.69. The molecule has 23 heavy (non-hydrogen) atoms. The zero-order valence-corrected chi connectivity index (χ0v) is 14.0. The molecule has 0 unspecified atom stereocenters. The second-order valence-corrected chi connectivity index (χ2v) is 7.50. The van der Waals surface area contributed by atoms with Crippen LogP contribution in [0.3, 0.4) is 0 Å². The first-order valence-electron chi connectivity index (χ1n) is 9.03. The van der Waals surface area contributed by atoms with Crippen LogP contribution in [0, 0.1) is 5.92 Å². The SMILES string of the molecule is CN1CC[C@@H]2[C@@H](CCCN2C(=O)NC[C@@H]2Cc3ccccc32)C1. The standard InChI is InChI=1S/C19H27N3O/c1-21-10-8-18-15(13-21)6-4-9-22(18)19(23)20-12-16-11-14-5-2-3-7-17(14)16/h2-3,5,7,15-16,18H,4,6,8-13H2,1H3,(H,20,23)/t15-,16-,18+/m0/s1. The summed E-state index contributed by atoms with van der Waals surface area (Å²) in [4.78, 5) is 17.2. The Morgan fingerprint density at radius 1 is 1.26 bits per heavy atom. The highest BCUT2D eigenvalue weighted by molar-refractivity contribution is 5.75. The van der Waals surface area contributed by atoms with Gasteiger partial charge in [-0.3, -0.25) is 0 Å². The molecule has 2 saturated heterocycles. The number of hydrogen-bond donors (Lipinski definition) is 1. The first-order valence-corrected chi connectivity index (χ1v) is 9.03. The molecule has 124 valence electrons. The molecule has 2 amide bonds. The van der Waals surface area contributed by atoms with E-state index in [1.165, 1.54) is 17.5 Å². The van der Waals surface area contributed by atoms with Crippen LogP contribution in [-0.2, 0) is 6.42 Å². The van der Waals surface area contributed by atoms with E-state index in [-0.39, 0.29) is 6.03 Å². The predicted octanol–water partition coefficient (Wildman–Crippen LogP) is 2.45. The second-order valence-electron chi connectivity index (χ2n) is 7.50. The molecular formula is C19H27N3O. The van der Waals surface area contributed by atoms with E-state index in [4.69, 9.17) is 0 Å². The Kier molecular flexibility index (Phi) is 4.02. The smallest absolute Gasteiger partial charge is 0.317 e. The van der Waals surface area contributed by atoms with E-state index >= 15 is 0 Å². The van der Waals surface area contributed by atoms with Crippen molar-refractivity contribution in [3.8, 4) is 0 Å². The summed E-state index contributed by atoms with van der Waals surface area (Å²) in [6.07, 6.45) is 4.65. The first kappa shape index (κ1) is 15.0. The Bertz CT molecular complexity index is 588. The lowest BCUT2D eigenvalue weighted by atomic mass is 9.77. The van der Waals surface area contributed by atoms with Gasteiger partial charge in [0, 0.05) is 31.6 Å². The third kappa shape index (κ3) is 2.85. The minimum atomic E-state index is 0.161. The predicted molar refractivity (Wildman–Crippen MR) is 91.6 cm³/mol. The lowest BCUT2D eigenvalue weighted by Crippen LogP contribution is -2.57. The van der Waals surface area contributed by atoms with Crippen molar-refractivity contribution in [3.05, 3.63) is 35.4 Å². The van der Waals surface area contributed by atoms with Crippen molar-refractivity contribution in [1.82, 2.24) is 15.1 Å². The van der Waals surface area contributed by atoms with E-state index < -0.39 is 0 Å². The number of urea groups is 1. The highest BCUT2D eigenvalue weighted by atomic mass is 16.2. The molecule has 2 fully saturated rings. The number of carbonyl (C=O) groups is 1. The van der Waals surface area contributed by atoms with E-state index in [2.05, 4.69) is 46.4 Å². The van der Waals surface area contributed by atoms with Crippen molar-refractivity contribution in [2.24, 2.45) is 5.92 Å². The van der Waals surface area contributed by atoms with Crippen LogP contribution in [0.15, 0.2) is 24.3 Å². The molecule has 0 bridgehead atoms. The minimum Gasteiger partial charge on any atom is -0.337 e. The Hall–Kier alpha value is -1.55. The van der Waals surface area contributed by atoms with E-state index in [1.807, 2.05) is 0 Å². The van der Waals surface area contributed by atoms with Crippen LogP contribution in [0.25, 0.3) is 0 Å². The molecule has 0 radical (unpaired) electrons. The number of hydrogen-bond acceptors (Lipinski definition) is 2. The van der Waals surface area contributed by atoms with E-state index in [0.717, 1.165) is 45.4 Å². The van der Waals surface area contributed by atoms with Crippen molar-refractivity contribution in [3.63, 3.8) is 0 Å². The van der Waals surface area contributed by atoms with Gasteiger partial charge >= 0.3 is 6.03 Å². The van der Waals surface area contributed by atoms with Gasteiger partial charge in [-0.05, 0) is 56.3 Å². The average Bonchev–Trinajstić information content (AvgIpc) is 2.54. The van der Waals surface area contributed by atoms with Crippen molar-refractivity contribution < 1.29 is 4.79 Å². The summed E-state index contributed by atoms with van der Waals surface area (Å²) in [5, 5.41) is 3.21. The van der Waals surface area contributed by atoms with Gasteiger partial charge in [-0.15, -0.1) is 0 Å². The minimum absolute atomic E-state index is 0.161. The molecule has 2 heterocycles. The zero-order valence-electron chi connectivity index (χ0n) is 14.0. The van der Waals surface area contributed by atoms with Crippen molar-refractivity contribution in [2.45, 2.75) is 37.6 Å². The molecule has 3 atom stereocenters. The van der Waals surface area contributed by atoms with Crippen molar-refractivity contribution >= 4 is 6.03 Å². The number of benzene rings is 1.